The Kier molecular flexibility index (Phi) is 3.60. The number of rotatable bonds is 2. The predicted octanol–water partition coefficient (Wildman–Crippen LogP) is 4.16. The Hall–Kier alpha value is -2.69. The van der Waals surface area contributed by atoms with E-state index in [0.717, 1.165) is 29.5 Å². The molecule has 3 aromatic rings. The van der Waals surface area contributed by atoms with Gasteiger partial charge in [-0.15, -0.1) is 0 Å². The van der Waals surface area contributed by atoms with E-state index in [1.165, 1.54) is 16.5 Å². The van der Waals surface area contributed by atoms with Crippen molar-refractivity contribution in [3.05, 3.63) is 53.5 Å². The van der Waals surface area contributed by atoms with Gasteiger partial charge in [0.25, 0.3) is 0 Å². The number of hydrogen-bond acceptors (Lipinski definition) is 4. The van der Waals surface area contributed by atoms with Crippen LogP contribution in [0, 0.1) is 12.3 Å². The standard InChI is InChI=1S/C20H23N5/c1-13-16-10-15(7-8-17(16)25(24-13)12-20(2,3)4)23-19-18-14(11-22-19)6-5-9-21-18/h5-10H,11-12H2,1-4H3,(H,22,23). The number of anilines is 1. The van der Waals surface area contributed by atoms with Crippen LogP contribution in [0.4, 0.5) is 5.69 Å². The lowest BCUT2D eigenvalue weighted by molar-refractivity contribution is 0.330. The first-order chi connectivity index (χ1) is 11.9. The van der Waals surface area contributed by atoms with E-state index >= 15 is 0 Å². The van der Waals surface area contributed by atoms with Gasteiger partial charge in [0.2, 0.25) is 0 Å². The number of fused-ring (bicyclic) bond motifs is 2. The normalized spacial score (nSPS) is 13.8. The first-order valence-corrected chi connectivity index (χ1v) is 8.64. The van der Waals surface area contributed by atoms with Crippen LogP contribution in [0.1, 0.15) is 37.7 Å². The van der Waals surface area contributed by atoms with Crippen molar-refractivity contribution in [1.29, 1.82) is 0 Å². The summed E-state index contributed by atoms with van der Waals surface area (Å²) in [5, 5.41) is 9.33. The van der Waals surface area contributed by atoms with Crippen molar-refractivity contribution in [3.63, 3.8) is 0 Å². The quantitative estimate of drug-likeness (QED) is 0.766. The van der Waals surface area contributed by atoms with Crippen molar-refractivity contribution in [2.75, 3.05) is 5.32 Å². The van der Waals surface area contributed by atoms with E-state index in [4.69, 9.17) is 5.10 Å². The van der Waals surface area contributed by atoms with Gasteiger partial charge in [0.1, 0.15) is 5.69 Å². The zero-order valence-electron chi connectivity index (χ0n) is 15.2. The van der Waals surface area contributed by atoms with Crippen molar-refractivity contribution < 1.29 is 0 Å². The van der Waals surface area contributed by atoms with Crippen LogP contribution in [0.3, 0.4) is 0 Å². The van der Waals surface area contributed by atoms with E-state index in [1.54, 1.807) is 0 Å². The molecule has 4 rings (SSSR count). The SMILES string of the molecule is Cc1nn(CC(C)(C)C)c2ccc(NC3=NCc4cccnc43)cc12. The van der Waals surface area contributed by atoms with E-state index in [9.17, 15) is 0 Å². The number of aliphatic imine (C=N–C) groups is 1. The molecule has 128 valence electrons. The molecule has 0 atom stereocenters. The summed E-state index contributed by atoms with van der Waals surface area (Å²) in [6, 6.07) is 10.4. The molecule has 2 aromatic heterocycles. The molecule has 0 saturated heterocycles. The summed E-state index contributed by atoms with van der Waals surface area (Å²) in [5.41, 5.74) is 5.54. The zero-order chi connectivity index (χ0) is 17.6. The summed E-state index contributed by atoms with van der Waals surface area (Å²) in [7, 11) is 0. The molecule has 5 heteroatoms. The zero-order valence-corrected chi connectivity index (χ0v) is 15.2. The molecule has 1 aromatic carbocycles. The second-order valence-electron chi connectivity index (χ2n) is 7.84. The van der Waals surface area contributed by atoms with Crippen LogP contribution in [0.25, 0.3) is 10.9 Å². The molecule has 5 nitrogen and oxygen atoms in total. The van der Waals surface area contributed by atoms with Crippen LogP contribution in [0.5, 0.6) is 0 Å². The number of amidine groups is 1. The second-order valence-corrected chi connectivity index (χ2v) is 7.84. The Bertz CT molecular complexity index is 975. The smallest absolute Gasteiger partial charge is 0.152 e. The first-order valence-electron chi connectivity index (χ1n) is 8.64. The summed E-state index contributed by atoms with van der Waals surface area (Å²) in [5.74, 6) is 0.842. The Morgan fingerprint density at radius 2 is 2.04 bits per heavy atom. The summed E-state index contributed by atoms with van der Waals surface area (Å²) in [6.45, 7) is 10.3. The number of aromatic nitrogens is 3. The summed E-state index contributed by atoms with van der Waals surface area (Å²) >= 11 is 0. The van der Waals surface area contributed by atoms with Crippen LogP contribution in [0.2, 0.25) is 0 Å². The average Bonchev–Trinajstić information content (AvgIpc) is 3.08. The lowest BCUT2D eigenvalue weighted by Gasteiger charge is -2.18. The summed E-state index contributed by atoms with van der Waals surface area (Å²) in [4.78, 5) is 9.03. The van der Waals surface area contributed by atoms with Crippen LogP contribution in [0.15, 0.2) is 41.5 Å². The van der Waals surface area contributed by atoms with Crippen molar-refractivity contribution >= 4 is 22.4 Å². The van der Waals surface area contributed by atoms with Crippen molar-refractivity contribution in [2.24, 2.45) is 10.4 Å². The molecule has 0 amide bonds. The Morgan fingerprint density at radius 3 is 2.84 bits per heavy atom. The molecule has 0 saturated carbocycles. The van der Waals surface area contributed by atoms with Crippen LogP contribution >= 0.6 is 0 Å². The summed E-state index contributed by atoms with van der Waals surface area (Å²) in [6.07, 6.45) is 1.81. The van der Waals surface area contributed by atoms with E-state index in [0.29, 0.717) is 6.54 Å². The highest BCUT2D eigenvalue weighted by Crippen LogP contribution is 2.26. The minimum absolute atomic E-state index is 0.191. The van der Waals surface area contributed by atoms with Crippen molar-refractivity contribution in [3.8, 4) is 0 Å². The number of pyridine rings is 1. The Morgan fingerprint density at radius 1 is 1.20 bits per heavy atom. The van der Waals surface area contributed by atoms with Gasteiger partial charge in [-0.05, 0) is 36.6 Å². The Balaban J connectivity index is 1.66. The van der Waals surface area contributed by atoms with Gasteiger partial charge in [0.05, 0.1) is 17.8 Å². The molecule has 0 unspecified atom stereocenters. The minimum Gasteiger partial charge on any atom is -0.339 e. The lowest BCUT2D eigenvalue weighted by Crippen LogP contribution is -2.16. The van der Waals surface area contributed by atoms with E-state index < -0.39 is 0 Å². The van der Waals surface area contributed by atoms with Gasteiger partial charge in [-0.3, -0.25) is 14.7 Å². The monoisotopic (exact) mass is 333 g/mol. The third-order valence-corrected chi connectivity index (χ3v) is 4.35. The average molecular weight is 333 g/mol. The predicted molar refractivity (Wildman–Crippen MR) is 102 cm³/mol. The fourth-order valence-electron chi connectivity index (χ4n) is 3.24. The number of nitrogens with zero attached hydrogens (tertiary/aromatic N) is 4. The molecule has 0 aliphatic carbocycles. The highest BCUT2D eigenvalue weighted by Gasteiger charge is 2.18. The van der Waals surface area contributed by atoms with Crippen LogP contribution in [-0.4, -0.2) is 20.6 Å². The molecule has 1 N–H and O–H groups in total. The van der Waals surface area contributed by atoms with Crippen molar-refractivity contribution in [1.82, 2.24) is 14.8 Å². The second kappa shape index (κ2) is 5.69. The fraction of sp³-hybridized carbons (Fsp3) is 0.350. The van der Waals surface area contributed by atoms with Crippen LogP contribution in [-0.2, 0) is 13.1 Å². The highest BCUT2D eigenvalue weighted by molar-refractivity contribution is 6.09. The van der Waals surface area contributed by atoms with E-state index in [-0.39, 0.29) is 5.41 Å². The molecule has 0 spiro atoms. The molecule has 3 heterocycles. The fourth-order valence-corrected chi connectivity index (χ4v) is 3.24. The van der Waals surface area contributed by atoms with E-state index in [2.05, 4.69) is 71.9 Å². The largest absolute Gasteiger partial charge is 0.339 e. The lowest BCUT2D eigenvalue weighted by atomic mass is 9.97. The Labute approximate surface area is 147 Å². The topological polar surface area (TPSA) is 55.1 Å². The molecule has 1 aliphatic heterocycles. The number of aryl methyl sites for hydroxylation is 1. The molecule has 1 aliphatic rings. The number of nitrogens with one attached hydrogen (secondary N) is 1. The van der Waals surface area contributed by atoms with Gasteiger partial charge < -0.3 is 5.32 Å². The van der Waals surface area contributed by atoms with Crippen molar-refractivity contribution in [2.45, 2.75) is 40.8 Å². The van der Waals surface area contributed by atoms with Crippen LogP contribution < -0.4 is 5.32 Å². The molecule has 0 bridgehead atoms. The molecule has 25 heavy (non-hydrogen) atoms. The molecular weight excluding hydrogens is 310 g/mol. The van der Waals surface area contributed by atoms with Gasteiger partial charge in [0.15, 0.2) is 5.84 Å². The molecule has 0 fully saturated rings. The first kappa shape index (κ1) is 15.8. The maximum atomic E-state index is 4.73. The van der Waals surface area contributed by atoms with E-state index in [1.807, 2.05) is 12.3 Å². The maximum Gasteiger partial charge on any atom is 0.152 e. The highest BCUT2D eigenvalue weighted by atomic mass is 15.3. The molecule has 0 radical (unpaired) electrons. The number of hydrogen-bond donors (Lipinski definition) is 1. The van der Waals surface area contributed by atoms with Gasteiger partial charge in [0, 0.05) is 29.4 Å². The number of benzene rings is 1. The maximum absolute atomic E-state index is 4.73. The third kappa shape index (κ3) is 3.02. The van der Waals surface area contributed by atoms with Gasteiger partial charge in [-0.2, -0.15) is 5.10 Å². The summed E-state index contributed by atoms with van der Waals surface area (Å²) < 4.78 is 2.11. The van der Waals surface area contributed by atoms with Gasteiger partial charge >= 0.3 is 0 Å². The molecular formula is C20H23N5. The minimum atomic E-state index is 0.191. The van der Waals surface area contributed by atoms with Gasteiger partial charge in [-0.1, -0.05) is 26.8 Å². The van der Waals surface area contributed by atoms with Gasteiger partial charge in [-0.25, -0.2) is 0 Å². The third-order valence-electron chi connectivity index (χ3n) is 4.35.